The van der Waals surface area contributed by atoms with Crippen molar-refractivity contribution in [3.63, 3.8) is 0 Å². The fourth-order valence-electron chi connectivity index (χ4n) is 2.06. The lowest BCUT2D eigenvalue weighted by molar-refractivity contribution is 0.103. The molecule has 0 aliphatic carbocycles. The number of oxazole rings is 1. The number of amides is 1. The summed E-state index contributed by atoms with van der Waals surface area (Å²) in [5.41, 5.74) is 3.22. The second kappa shape index (κ2) is 5.33. The summed E-state index contributed by atoms with van der Waals surface area (Å²) in [4.78, 5) is 17.4. The molecule has 0 aliphatic heterocycles. The van der Waals surface area contributed by atoms with Crippen LogP contribution in [-0.2, 0) is 0 Å². The van der Waals surface area contributed by atoms with Crippen LogP contribution in [0.2, 0.25) is 0 Å². The molecule has 3 aromatic rings. The highest BCUT2D eigenvalue weighted by Gasteiger charge is 2.13. The van der Waals surface area contributed by atoms with Gasteiger partial charge in [0, 0.05) is 11.6 Å². The zero-order valence-electron chi connectivity index (χ0n) is 12.1. The third-order valence-corrected chi connectivity index (χ3v) is 4.24. The van der Waals surface area contributed by atoms with Crippen molar-refractivity contribution < 1.29 is 9.21 Å². The van der Waals surface area contributed by atoms with Crippen molar-refractivity contribution in [1.29, 1.82) is 0 Å². The number of aromatic nitrogens is 1. The molecule has 0 aliphatic rings. The van der Waals surface area contributed by atoms with Gasteiger partial charge in [-0.05, 0) is 42.1 Å². The van der Waals surface area contributed by atoms with Crippen LogP contribution in [0.4, 0.5) is 5.69 Å². The number of benzene rings is 1. The highest BCUT2D eigenvalue weighted by molar-refractivity contribution is 7.12. The van der Waals surface area contributed by atoms with Gasteiger partial charge in [0.15, 0.2) is 11.5 Å². The number of rotatable bonds is 3. The Hall–Kier alpha value is -2.14. The Morgan fingerprint density at radius 2 is 2.14 bits per heavy atom. The van der Waals surface area contributed by atoms with E-state index in [1.807, 2.05) is 50.4 Å². The van der Waals surface area contributed by atoms with Crippen molar-refractivity contribution in [2.45, 2.75) is 26.7 Å². The second-order valence-corrected chi connectivity index (χ2v) is 6.19. The number of hydrogen-bond acceptors (Lipinski definition) is 4. The lowest BCUT2D eigenvalue weighted by atomic mass is 10.2. The van der Waals surface area contributed by atoms with Crippen molar-refractivity contribution >= 4 is 34.0 Å². The van der Waals surface area contributed by atoms with Crippen LogP contribution < -0.4 is 5.32 Å². The Kier molecular flexibility index (Phi) is 3.51. The molecule has 108 valence electrons. The molecule has 1 amide bonds. The highest BCUT2D eigenvalue weighted by atomic mass is 32.1. The number of carbonyl (C=O) groups excluding carboxylic acids is 1. The van der Waals surface area contributed by atoms with Crippen LogP contribution in [0.5, 0.6) is 0 Å². The second-order valence-electron chi connectivity index (χ2n) is 5.28. The normalized spacial score (nSPS) is 11.2. The number of hydrogen-bond donors (Lipinski definition) is 1. The van der Waals surface area contributed by atoms with E-state index < -0.39 is 0 Å². The maximum atomic E-state index is 12.2. The summed E-state index contributed by atoms with van der Waals surface area (Å²) >= 11 is 1.44. The van der Waals surface area contributed by atoms with E-state index in [1.165, 1.54) is 11.3 Å². The van der Waals surface area contributed by atoms with Gasteiger partial charge in [-0.25, -0.2) is 4.98 Å². The van der Waals surface area contributed by atoms with E-state index in [1.54, 1.807) is 0 Å². The van der Waals surface area contributed by atoms with Crippen molar-refractivity contribution in [2.75, 3.05) is 5.32 Å². The van der Waals surface area contributed by atoms with Crippen LogP contribution in [0.3, 0.4) is 0 Å². The third-order valence-electron chi connectivity index (χ3n) is 3.22. The molecule has 0 unspecified atom stereocenters. The Labute approximate surface area is 126 Å². The number of nitrogens with zero attached hydrogens (tertiary/aromatic N) is 1. The summed E-state index contributed by atoms with van der Waals surface area (Å²) in [6, 6.07) is 7.45. The van der Waals surface area contributed by atoms with Gasteiger partial charge in [-0.1, -0.05) is 13.8 Å². The monoisotopic (exact) mass is 300 g/mol. The maximum absolute atomic E-state index is 12.2. The minimum Gasteiger partial charge on any atom is -0.440 e. The highest BCUT2D eigenvalue weighted by Crippen LogP contribution is 2.24. The van der Waals surface area contributed by atoms with Crippen molar-refractivity contribution in [2.24, 2.45) is 0 Å². The van der Waals surface area contributed by atoms with Crippen LogP contribution in [0.1, 0.15) is 40.9 Å². The van der Waals surface area contributed by atoms with Gasteiger partial charge in [-0.15, -0.1) is 11.3 Å². The molecule has 21 heavy (non-hydrogen) atoms. The Bertz CT molecular complexity index is 802. The smallest absolute Gasteiger partial charge is 0.265 e. The largest absolute Gasteiger partial charge is 0.440 e. The molecule has 0 fully saturated rings. The van der Waals surface area contributed by atoms with Gasteiger partial charge in [0.1, 0.15) is 5.52 Å². The summed E-state index contributed by atoms with van der Waals surface area (Å²) in [6.07, 6.45) is 0. The summed E-state index contributed by atoms with van der Waals surface area (Å²) in [7, 11) is 0. The SMILES string of the molecule is Cc1ccsc1C(=O)Nc1ccc2oc(C(C)C)nc2c1. The minimum absolute atomic E-state index is 0.0885. The van der Waals surface area contributed by atoms with Crippen molar-refractivity contribution in [3.8, 4) is 0 Å². The van der Waals surface area contributed by atoms with Crippen LogP contribution in [0, 0.1) is 6.92 Å². The summed E-state index contributed by atoms with van der Waals surface area (Å²) in [5.74, 6) is 0.862. The average Bonchev–Trinajstić information content (AvgIpc) is 3.04. The average molecular weight is 300 g/mol. The lowest BCUT2D eigenvalue weighted by Crippen LogP contribution is -2.11. The van der Waals surface area contributed by atoms with Gasteiger partial charge >= 0.3 is 0 Å². The van der Waals surface area contributed by atoms with Crippen LogP contribution in [0.15, 0.2) is 34.1 Å². The summed E-state index contributed by atoms with van der Waals surface area (Å²) in [5, 5.41) is 4.82. The molecule has 0 saturated heterocycles. The Morgan fingerprint density at radius 1 is 1.33 bits per heavy atom. The van der Waals surface area contributed by atoms with Gasteiger partial charge in [0.25, 0.3) is 5.91 Å². The van der Waals surface area contributed by atoms with Crippen molar-refractivity contribution in [3.05, 3.63) is 46.0 Å². The first-order valence-corrected chi connectivity index (χ1v) is 7.68. The predicted octanol–water partition coefficient (Wildman–Crippen LogP) is 4.57. The van der Waals surface area contributed by atoms with E-state index in [2.05, 4.69) is 10.3 Å². The molecular formula is C16H16N2O2S. The van der Waals surface area contributed by atoms with Crippen molar-refractivity contribution in [1.82, 2.24) is 4.98 Å². The Morgan fingerprint density at radius 3 is 2.81 bits per heavy atom. The van der Waals surface area contributed by atoms with Gasteiger partial charge in [0.2, 0.25) is 0 Å². The fraction of sp³-hybridized carbons (Fsp3) is 0.250. The van der Waals surface area contributed by atoms with E-state index in [0.717, 1.165) is 27.2 Å². The van der Waals surface area contributed by atoms with E-state index >= 15 is 0 Å². The molecular weight excluding hydrogens is 284 g/mol. The molecule has 0 spiro atoms. The number of anilines is 1. The number of fused-ring (bicyclic) bond motifs is 1. The number of aryl methyl sites for hydroxylation is 1. The van der Waals surface area contributed by atoms with Crippen LogP contribution >= 0.6 is 11.3 Å². The number of nitrogens with one attached hydrogen (secondary N) is 1. The van der Waals surface area contributed by atoms with Crippen LogP contribution in [-0.4, -0.2) is 10.9 Å². The first kappa shape index (κ1) is 13.8. The van der Waals surface area contributed by atoms with E-state index in [4.69, 9.17) is 4.42 Å². The van der Waals surface area contributed by atoms with Gasteiger partial charge in [-0.2, -0.15) is 0 Å². The number of thiophene rings is 1. The molecule has 0 radical (unpaired) electrons. The summed E-state index contributed by atoms with van der Waals surface area (Å²) < 4.78 is 5.66. The van der Waals surface area contributed by atoms with E-state index in [0.29, 0.717) is 5.89 Å². The molecule has 4 nitrogen and oxygen atoms in total. The molecule has 1 aromatic carbocycles. The molecule has 5 heteroatoms. The maximum Gasteiger partial charge on any atom is 0.265 e. The molecule has 0 atom stereocenters. The first-order valence-electron chi connectivity index (χ1n) is 6.80. The summed E-state index contributed by atoms with van der Waals surface area (Å²) in [6.45, 7) is 6.00. The molecule has 2 aromatic heterocycles. The van der Waals surface area contributed by atoms with Gasteiger partial charge in [0.05, 0.1) is 4.88 Å². The van der Waals surface area contributed by atoms with E-state index in [-0.39, 0.29) is 11.8 Å². The predicted molar refractivity (Wildman–Crippen MR) is 85.1 cm³/mol. The minimum atomic E-state index is -0.0885. The van der Waals surface area contributed by atoms with Crippen LogP contribution in [0.25, 0.3) is 11.1 Å². The fourth-order valence-corrected chi connectivity index (χ4v) is 2.88. The molecule has 0 bridgehead atoms. The molecule has 0 saturated carbocycles. The topological polar surface area (TPSA) is 55.1 Å². The van der Waals surface area contributed by atoms with E-state index in [9.17, 15) is 4.79 Å². The Balaban J connectivity index is 1.87. The van der Waals surface area contributed by atoms with Gasteiger partial charge in [-0.3, -0.25) is 4.79 Å². The molecule has 2 heterocycles. The molecule has 1 N–H and O–H groups in total. The molecule has 3 rings (SSSR count). The standard InChI is InChI=1S/C16H16N2O2S/c1-9(2)16-18-12-8-11(4-5-13(12)20-16)17-15(19)14-10(3)6-7-21-14/h4-9H,1-3H3,(H,17,19). The first-order chi connectivity index (χ1) is 10.0. The quantitative estimate of drug-likeness (QED) is 0.770. The zero-order valence-corrected chi connectivity index (χ0v) is 13.0. The zero-order chi connectivity index (χ0) is 15.0. The lowest BCUT2D eigenvalue weighted by Gasteiger charge is -2.03. The van der Waals surface area contributed by atoms with Gasteiger partial charge < -0.3 is 9.73 Å². The number of carbonyl (C=O) groups is 1. The third kappa shape index (κ3) is 2.69.